The van der Waals surface area contributed by atoms with Gasteiger partial charge in [0.25, 0.3) is 0 Å². The van der Waals surface area contributed by atoms with E-state index in [1.54, 1.807) is 6.26 Å². The molecule has 4 heteroatoms. The van der Waals surface area contributed by atoms with E-state index in [1.807, 2.05) is 13.0 Å². The Kier molecular flexibility index (Phi) is 3.97. The second-order valence-electron chi connectivity index (χ2n) is 5.76. The topological polar surface area (TPSA) is 51.5 Å². The van der Waals surface area contributed by atoms with Crippen LogP contribution in [0.2, 0.25) is 0 Å². The van der Waals surface area contributed by atoms with Crippen LogP contribution in [0, 0.1) is 13.8 Å². The molecular weight excluding hydrogens is 266 g/mol. The molecule has 1 aliphatic heterocycles. The lowest BCUT2D eigenvalue weighted by Gasteiger charge is -2.10. The first-order valence-electron chi connectivity index (χ1n) is 7.49. The van der Waals surface area contributed by atoms with Crippen molar-refractivity contribution < 1.29 is 13.9 Å². The zero-order valence-corrected chi connectivity index (χ0v) is 12.6. The maximum absolute atomic E-state index is 12.1. The normalized spacial score (nSPS) is 18.3. The Balaban J connectivity index is 1.67. The molecule has 0 radical (unpaired) electrons. The molecule has 4 nitrogen and oxygen atoms in total. The number of hydrogen-bond donors (Lipinski definition) is 1. The molecule has 0 bridgehead atoms. The summed E-state index contributed by atoms with van der Waals surface area (Å²) < 4.78 is 11.1. The van der Waals surface area contributed by atoms with Gasteiger partial charge < -0.3 is 14.5 Å². The molecular formula is C17H21NO3. The van der Waals surface area contributed by atoms with Crippen LogP contribution in [-0.2, 0) is 16.0 Å². The SMILES string of the molecule is Cc1ccc2c(CC(=O)NCC3CCCO3)coc2c1C. The van der Waals surface area contributed by atoms with Gasteiger partial charge in [-0.2, -0.15) is 0 Å². The van der Waals surface area contributed by atoms with E-state index in [0.29, 0.717) is 13.0 Å². The van der Waals surface area contributed by atoms with Crippen molar-refractivity contribution in [3.63, 3.8) is 0 Å². The van der Waals surface area contributed by atoms with E-state index < -0.39 is 0 Å². The largest absolute Gasteiger partial charge is 0.464 e. The standard InChI is InChI=1S/C17H21NO3/c1-11-5-6-15-13(10-21-17(15)12(11)2)8-16(19)18-9-14-4-3-7-20-14/h5-6,10,14H,3-4,7-9H2,1-2H3,(H,18,19). The van der Waals surface area contributed by atoms with Crippen LogP contribution < -0.4 is 5.32 Å². The van der Waals surface area contributed by atoms with Crippen LogP contribution in [-0.4, -0.2) is 25.2 Å². The molecule has 21 heavy (non-hydrogen) atoms. The van der Waals surface area contributed by atoms with Crippen molar-refractivity contribution in [1.82, 2.24) is 5.32 Å². The predicted molar refractivity (Wildman–Crippen MR) is 81.4 cm³/mol. The molecule has 1 atom stereocenters. The number of rotatable bonds is 4. The van der Waals surface area contributed by atoms with Gasteiger partial charge in [0.2, 0.25) is 5.91 Å². The van der Waals surface area contributed by atoms with Gasteiger partial charge in [0, 0.05) is 24.1 Å². The third kappa shape index (κ3) is 2.95. The smallest absolute Gasteiger partial charge is 0.224 e. The van der Waals surface area contributed by atoms with Gasteiger partial charge in [0.05, 0.1) is 18.8 Å². The Morgan fingerprint density at radius 3 is 3.00 bits per heavy atom. The first-order valence-corrected chi connectivity index (χ1v) is 7.49. The number of aryl methyl sites for hydroxylation is 2. The van der Waals surface area contributed by atoms with Crippen molar-refractivity contribution in [1.29, 1.82) is 0 Å². The molecule has 1 saturated heterocycles. The second kappa shape index (κ2) is 5.90. The van der Waals surface area contributed by atoms with Crippen molar-refractivity contribution >= 4 is 16.9 Å². The second-order valence-corrected chi connectivity index (χ2v) is 5.76. The first kappa shape index (κ1) is 14.1. The number of nitrogens with one attached hydrogen (secondary N) is 1. The number of carbonyl (C=O) groups excluding carboxylic acids is 1. The van der Waals surface area contributed by atoms with E-state index in [2.05, 4.69) is 18.3 Å². The van der Waals surface area contributed by atoms with Gasteiger partial charge in [0.15, 0.2) is 0 Å². The van der Waals surface area contributed by atoms with E-state index in [4.69, 9.17) is 9.15 Å². The van der Waals surface area contributed by atoms with Crippen LogP contribution in [0.25, 0.3) is 11.0 Å². The Hall–Kier alpha value is -1.81. The van der Waals surface area contributed by atoms with E-state index in [9.17, 15) is 4.79 Å². The summed E-state index contributed by atoms with van der Waals surface area (Å²) >= 11 is 0. The third-order valence-electron chi connectivity index (χ3n) is 4.24. The Morgan fingerprint density at radius 2 is 2.24 bits per heavy atom. The van der Waals surface area contributed by atoms with Gasteiger partial charge in [-0.3, -0.25) is 4.79 Å². The molecule has 1 fully saturated rings. The van der Waals surface area contributed by atoms with Crippen molar-refractivity contribution in [2.75, 3.05) is 13.2 Å². The average Bonchev–Trinajstić information content (AvgIpc) is 3.11. The van der Waals surface area contributed by atoms with Crippen molar-refractivity contribution in [2.24, 2.45) is 0 Å². The molecule has 1 unspecified atom stereocenters. The summed E-state index contributed by atoms with van der Waals surface area (Å²) in [4.78, 5) is 12.1. The van der Waals surface area contributed by atoms with Crippen LogP contribution in [0.15, 0.2) is 22.8 Å². The summed E-state index contributed by atoms with van der Waals surface area (Å²) in [5.41, 5.74) is 4.17. The quantitative estimate of drug-likeness (QED) is 0.940. The lowest BCUT2D eigenvalue weighted by Crippen LogP contribution is -2.32. The average molecular weight is 287 g/mol. The molecule has 0 saturated carbocycles. The summed E-state index contributed by atoms with van der Waals surface area (Å²) in [7, 11) is 0. The Labute approximate surface area is 124 Å². The third-order valence-corrected chi connectivity index (χ3v) is 4.24. The van der Waals surface area contributed by atoms with E-state index in [1.165, 1.54) is 5.56 Å². The molecule has 1 aromatic carbocycles. The summed E-state index contributed by atoms with van der Waals surface area (Å²) in [6, 6.07) is 4.10. The molecule has 1 N–H and O–H groups in total. The molecule has 2 aromatic rings. The van der Waals surface area contributed by atoms with Gasteiger partial charge >= 0.3 is 0 Å². The molecule has 1 aliphatic rings. The first-order chi connectivity index (χ1) is 10.1. The van der Waals surface area contributed by atoms with Gasteiger partial charge in [-0.05, 0) is 37.8 Å². The van der Waals surface area contributed by atoms with Crippen LogP contribution in [0.5, 0.6) is 0 Å². The highest BCUT2D eigenvalue weighted by atomic mass is 16.5. The number of hydrogen-bond acceptors (Lipinski definition) is 3. The van der Waals surface area contributed by atoms with Crippen molar-refractivity contribution in [2.45, 2.75) is 39.2 Å². The fourth-order valence-electron chi connectivity index (χ4n) is 2.79. The number of furan rings is 1. The van der Waals surface area contributed by atoms with Crippen molar-refractivity contribution in [3.8, 4) is 0 Å². The fraction of sp³-hybridized carbons (Fsp3) is 0.471. The molecule has 2 heterocycles. The maximum atomic E-state index is 12.1. The lowest BCUT2D eigenvalue weighted by molar-refractivity contribution is -0.120. The molecule has 1 amide bonds. The highest BCUT2D eigenvalue weighted by molar-refractivity contribution is 5.89. The van der Waals surface area contributed by atoms with Gasteiger partial charge in [-0.25, -0.2) is 0 Å². The summed E-state index contributed by atoms with van der Waals surface area (Å²) in [6.07, 6.45) is 4.35. The van der Waals surface area contributed by atoms with Crippen LogP contribution >= 0.6 is 0 Å². The van der Waals surface area contributed by atoms with Crippen LogP contribution in [0.1, 0.15) is 29.5 Å². The summed E-state index contributed by atoms with van der Waals surface area (Å²) in [5.74, 6) is 0.0198. The number of fused-ring (bicyclic) bond motifs is 1. The summed E-state index contributed by atoms with van der Waals surface area (Å²) in [6.45, 7) is 5.52. The Morgan fingerprint density at radius 1 is 1.38 bits per heavy atom. The number of amides is 1. The molecule has 0 spiro atoms. The minimum atomic E-state index is 0.0198. The number of ether oxygens (including phenoxy) is 1. The number of benzene rings is 1. The number of carbonyl (C=O) groups is 1. The van der Waals surface area contributed by atoms with Gasteiger partial charge in [0.1, 0.15) is 5.58 Å². The van der Waals surface area contributed by atoms with Gasteiger partial charge in [-0.1, -0.05) is 12.1 Å². The lowest BCUT2D eigenvalue weighted by atomic mass is 10.0. The zero-order chi connectivity index (χ0) is 14.8. The van der Waals surface area contributed by atoms with E-state index >= 15 is 0 Å². The molecule has 112 valence electrons. The minimum Gasteiger partial charge on any atom is -0.464 e. The maximum Gasteiger partial charge on any atom is 0.224 e. The molecule has 1 aromatic heterocycles. The highest BCUT2D eigenvalue weighted by Gasteiger charge is 2.17. The van der Waals surface area contributed by atoms with Crippen LogP contribution in [0.4, 0.5) is 0 Å². The van der Waals surface area contributed by atoms with Crippen LogP contribution in [0.3, 0.4) is 0 Å². The monoisotopic (exact) mass is 287 g/mol. The summed E-state index contributed by atoms with van der Waals surface area (Å²) in [5, 5.41) is 3.98. The Bertz CT molecular complexity index is 653. The minimum absolute atomic E-state index is 0.0198. The van der Waals surface area contributed by atoms with E-state index in [0.717, 1.165) is 41.5 Å². The fourth-order valence-corrected chi connectivity index (χ4v) is 2.79. The highest BCUT2D eigenvalue weighted by Crippen LogP contribution is 2.26. The predicted octanol–water partition coefficient (Wildman–Crippen LogP) is 2.89. The van der Waals surface area contributed by atoms with Gasteiger partial charge in [-0.15, -0.1) is 0 Å². The molecule has 3 rings (SSSR count). The zero-order valence-electron chi connectivity index (χ0n) is 12.6. The van der Waals surface area contributed by atoms with Crippen molar-refractivity contribution in [3.05, 3.63) is 35.1 Å². The van der Waals surface area contributed by atoms with E-state index in [-0.39, 0.29) is 12.0 Å². The molecule has 0 aliphatic carbocycles.